The maximum absolute atomic E-state index is 12.4. The molecule has 0 radical (unpaired) electrons. The van der Waals surface area contributed by atoms with Gasteiger partial charge in [-0.1, -0.05) is 12.1 Å². The maximum atomic E-state index is 12.4. The first-order valence-corrected chi connectivity index (χ1v) is 7.25. The molecule has 1 aromatic carbocycles. The number of carbonyl (C=O) groups excluding carboxylic acids is 1. The van der Waals surface area contributed by atoms with Gasteiger partial charge in [-0.25, -0.2) is 4.98 Å². The third kappa shape index (κ3) is 2.47. The van der Waals surface area contributed by atoms with Crippen LogP contribution in [-0.4, -0.2) is 32.6 Å². The molecular formula is C14H15N5OS. The lowest BCUT2D eigenvalue weighted by Gasteiger charge is -2.16. The molecule has 0 spiro atoms. The van der Waals surface area contributed by atoms with E-state index in [0.717, 1.165) is 15.2 Å². The van der Waals surface area contributed by atoms with Gasteiger partial charge in [0.15, 0.2) is 0 Å². The molecule has 0 atom stereocenters. The molecule has 0 saturated heterocycles. The van der Waals surface area contributed by atoms with E-state index >= 15 is 0 Å². The van der Waals surface area contributed by atoms with Gasteiger partial charge in [0.2, 0.25) is 0 Å². The second-order valence-corrected chi connectivity index (χ2v) is 5.92. The number of rotatable bonds is 3. The summed E-state index contributed by atoms with van der Waals surface area (Å²) in [6.07, 6.45) is 1.48. The second-order valence-electron chi connectivity index (χ2n) is 4.81. The van der Waals surface area contributed by atoms with Crippen molar-refractivity contribution in [3.05, 3.63) is 41.2 Å². The van der Waals surface area contributed by atoms with Crippen molar-refractivity contribution in [2.75, 3.05) is 12.8 Å². The molecule has 7 heteroatoms. The molecule has 0 aliphatic rings. The van der Waals surface area contributed by atoms with Gasteiger partial charge in [-0.2, -0.15) is 5.10 Å². The standard InChI is InChI=1S/C14H15N5OS/c1-18(14(20)13-9(15)7-16-19(13)2)8-12-17-10-5-3-4-6-11(10)21-12/h3-7H,8,15H2,1-2H3. The predicted octanol–water partition coefficient (Wildman–Crippen LogP) is 1.88. The highest BCUT2D eigenvalue weighted by molar-refractivity contribution is 7.18. The summed E-state index contributed by atoms with van der Waals surface area (Å²) in [5.74, 6) is -0.160. The largest absolute Gasteiger partial charge is 0.396 e. The summed E-state index contributed by atoms with van der Waals surface area (Å²) >= 11 is 1.59. The van der Waals surface area contributed by atoms with Gasteiger partial charge >= 0.3 is 0 Å². The van der Waals surface area contributed by atoms with Gasteiger partial charge in [-0.15, -0.1) is 11.3 Å². The first kappa shape index (κ1) is 13.6. The maximum Gasteiger partial charge on any atom is 0.274 e. The number of fused-ring (bicyclic) bond motifs is 1. The van der Waals surface area contributed by atoms with Crippen molar-refractivity contribution in [2.24, 2.45) is 7.05 Å². The number of nitrogens with two attached hydrogens (primary N) is 1. The molecule has 3 aromatic rings. The summed E-state index contributed by atoms with van der Waals surface area (Å²) in [4.78, 5) is 18.6. The number of aromatic nitrogens is 3. The van der Waals surface area contributed by atoms with Crippen molar-refractivity contribution in [3.8, 4) is 0 Å². The Hall–Kier alpha value is -2.41. The number of aryl methyl sites for hydroxylation is 1. The average molecular weight is 301 g/mol. The van der Waals surface area contributed by atoms with Gasteiger partial charge in [0, 0.05) is 14.1 Å². The number of thiazole rings is 1. The molecule has 2 N–H and O–H groups in total. The number of anilines is 1. The number of para-hydroxylation sites is 1. The van der Waals surface area contributed by atoms with Crippen LogP contribution in [-0.2, 0) is 13.6 Å². The van der Waals surface area contributed by atoms with Crippen molar-refractivity contribution < 1.29 is 4.79 Å². The highest BCUT2D eigenvalue weighted by atomic mass is 32.1. The van der Waals surface area contributed by atoms with E-state index in [1.165, 1.54) is 10.9 Å². The van der Waals surface area contributed by atoms with Gasteiger partial charge < -0.3 is 10.6 Å². The molecule has 0 fully saturated rings. The zero-order valence-electron chi connectivity index (χ0n) is 11.8. The fourth-order valence-corrected chi connectivity index (χ4v) is 3.18. The molecule has 0 saturated carbocycles. The lowest BCUT2D eigenvalue weighted by molar-refractivity contribution is 0.0775. The molecule has 3 rings (SSSR count). The van der Waals surface area contributed by atoms with Crippen molar-refractivity contribution in [2.45, 2.75) is 6.54 Å². The minimum atomic E-state index is -0.160. The summed E-state index contributed by atoms with van der Waals surface area (Å²) in [7, 11) is 3.44. The molecule has 0 aliphatic heterocycles. The van der Waals surface area contributed by atoms with Crippen LogP contribution in [0.3, 0.4) is 0 Å². The fourth-order valence-electron chi connectivity index (χ4n) is 2.16. The molecular weight excluding hydrogens is 286 g/mol. The summed E-state index contributed by atoms with van der Waals surface area (Å²) in [6, 6.07) is 7.93. The van der Waals surface area contributed by atoms with E-state index < -0.39 is 0 Å². The van der Waals surface area contributed by atoms with E-state index in [1.807, 2.05) is 24.3 Å². The Kier molecular flexibility index (Phi) is 3.34. The normalized spacial score (nSPS) is 11.0. The first-order chi connectivity index (χ1) is 10.1. The Morgan fingerprint density at radius 1 is 1.43 bits per heavy atom. The number of carbonyl (C=O) groups is 1. The fraction of sp³-hybridized carbons (Fsp3) is 0.214. The number of amides is 1. The monoisotopic (exact) mass is 301 g/mol. The highest BCUT2D eigenvalue weighted by Crippen LogP contribution is 2.23. The predicted molar refractivity (Wildman–Crippen MR) is 83.0 cm³/mol. The molecule has 2 aromatic heterocycles. The molecule has 21 heavy (non-hydrogen) atoms. The van der Waals surface area contributed by atoms with Gasteiger partial charge in [0.25, 0.3) is 5.91 Å². The minimum absolute atomic E-state index is 0.160. The van der Waals surface area contributed by atoms with Crippen molar-refractivity contribution in [3.63, 3.8) is 0 Å². The van der Waals surface area contributed by atoms with E-state index in [1.54, 1.807) is 30.3 Å². The number of nitrogen functional groups attached to an aromatic ring is 1. The van der Waals surface area contributed by atoms with Crippen LogP contribution in [0.2, 0.25) is 0 Å². The van der Waals surface area contributed by atoms with Crippen LogP contribution in [0, 0.1) is 0 Å². The average Bonchev–Trinajstić information content (AvgIpc) is 3.01. The topological polar surface area (TPSA) is 77.0 Å². The van der Waals surface area contributed by atoms with Crippen LogP contribution in [0.15, 0.2) is 30.5 Å². The minimum Gasteiger partial charge on any atom is -0.396 e. The number of hydrogen-bond acceptors (Lipinski definition) is 5. The quantitative estimate of drug-likeness (QED) is 0.801. The molecule has 108 valence electrons. The van der Waals surface area contributed by atoms with Crippen LogP contribution in [0.5, 0.6) is 0 Å². The first-order valence-electron chi connectivity index (χ1n) is 6.43. The number of hydrogen-bond donors (Lipinski definition) is 1. The third-order valence-corrected chi connectivity index (χ3v) is 4.25. The van der Waals surface area contributed by atoms with E-state index in [-0.39, 0.29) is 5.91 Å². The Balaban J connectivity index is 1.82. The van der Waals surface area contributed by atoms with Crippen LogP contribution in [0.4, 0.5) is 5.69 Å². The van der Waals surface area contributed by atoms with E-state index in [0.29, 0.717) is 17.9 Å². The molecule has 6 nitrogen and oxygen atoms in total. The van der Waals surface area contributed by atoms with Crippen molar-refractivity contribution in [1.29, 1.82) is 0 Å². The van der Waals surface area contributed by atoms with E-state index in [2.05, 4.69) is 10.1 Å². The zero-order chi connectivity index (χ0) is 15.0. The van der Waals surface area contributed by atoms with Crippen molar-refractivity contribution in [1.82, 2.24) is 19.7 Å². The molecule has 0 aliphatic carbocycles. The van der Waals surface area contributed by atoms with E-state index in [9.17, 15) is 4.79 Å². The summed E-state index contributed by atoms with van der Waals surface area (Å²) in [5, 5.41) is 4.89. The van der Waals surface area contributed by atoms with Gasteiger partial charge in [-0.05, 0) is 12.1 Å². The van der Waals surface area contributed by atoms with Crippen molar-refractivity contribution >= 4 is 33.1 Å². The summed E-state index contributed by atoms with van der Waals surface area (Å²) < 4.78 is 2.61. The number of benzene rings is 1. The summed E-state index contributed by atoms with van der Waals surface area (Å²) in [6.45, 7) is 0.447. The van der Waals surface area contributed by atoms with Crippen LogP contribution in [0.25, 0.3) is 10.2 Å². The smallest absolute Gasteiger partial charge is 0.274 e. The zero-order valence-corrected chi connectivity index (χ0v) is 12.6. The molecule has 1 amide bonds. The lowest BCUT2D eigenvalue weighted by atomic mass is 10.3. The van der Waals surface area contributed by atoms with Gasteiger partial charge in [0.05, 0.1) is 28.6 Å². The molecule has 2 heterocycles. The summed E-state index contributed by atoms with van der Waals surface area (Å²) in [5.41, 5.74) is 7.54. The van der Waals surface area contributed by atoms with Gasteiger partial charge in [-0.3, -0.25) is 9.48 Å². The number of nitrogens with zero attached hydrogens (tertiary/aromatic N) is 4. The van der Waals surface area contributed by atoms with Crippen LogP contribution >= 0.6 is 11.3 Å². The van der Waals surface area contributed by atoms with Crippen LogP contribution < -0.4 is 5.73 Å². The third-order valence-electron chi connectivity index (χ3n) is 3.23. The van der Waals surface area contributed by atoms with E-state index in [4.69, 9.17) is 5.73 Å². The van der Waals surface area contributed by atoms with Crippen LogP contribution in [0.1, 0.15) is 15.5 Å². The molecule has 0 unspecified atom stereocenters. The lowest BCUT2D eigenvalue weighted by Crippen LogP contribution is -2.28. The Morgan fingerprint density at radius 3 is 2.86 bits per heavy atom. The highest BCUT2D eigenvalue weighted by Gasteiger charge is 2.20. The second kappa shape index (κ2) is 5.17. The molecule has 0 bridgehead atoms. The van der Waals surface area contributed by atoms with Gasteiger partial charge in [0.1, 0.15) is 10.7 Å². The Morgan fingerprint density at radius 2 is 2.19 bits per heavy atom. The Labute approximate surface area is 125 Å². The Bertz CT molecular complexity index is 754. The SMILES string of the molecule is CN(Cc1nc2ccccc2s1)C(=O)c1c(N)cnn1C.